The van der Waals surface area contributed by atoms with Gasteiger partial charge in [0.1, 0.15) is 11.9 Å². The maximum atomic E-state index is 11.0. The topological polar surface area (TPSA) is 49.8 Å². The number of aromatic carboxylic acids is 1. The average molecular weight is 366 g/mol. The quantitative estimate of drug-likeness (QED) is 0.855. The molecule has 1 N–H and O–H groups in total. The van der Waals surface area contributed by atoms with Gasteiger partial charge in [0.2, 0.25) is 0 Å². The number of ether oxygens (including phenoxy) is 1. The molecule has 1 aliphatic heterocycles. The maximum Gasteiger partial charge on any atom is 0.335 e. The third-order valence-electron chi connectivity index (χ3n) is 4.00. The number of likely N-dealkylation sites (tertiary alicyclic amines) is 1. The summed E-state index contributed by atoms with van der Waals surface area (Å²) in [6, 6.07) is 12.3. The molecule has 4 nitrogen and oxygen atoms in total. The van der Waals surface area contributed by atoms with E-state index in [2.05, 4.69) is 4.90 Å². The molecule has 0 aliphatic carbocycles. The standard InChI is InChI=1S/C18H17Cl2NO3/c19-16-5-4-14(9-17(16)20)24-15-6-7-21(11-15)10-12-2-1-3-13(8-12)18(22)23/h1-5,8-9,15H,6-7,10-11H2,(H,22,23). The Hall–Kier alpha value is -1.75. The van der Waals surface area contributed by atoms with E-state index in [0.717, 1.165) is 25.1 Å². The van der Waals surface area contributed by atoms with Crippen LogP contribution in [0.5, 0.6) is 5.75 Å². The molecule has 24 heavy (non-hydrogen) atoms. The first-order valence-electron chi connectivity index (χ1n) is 7.67. The summed E-state index contributed by atoms with van der Waals surface area (Å²) in [4.78, 5) is 13.3. The summed E-state index contributed by atoms with van der Waals surface area (Å²) in [5.74, 6) is -0.191. The third kappa shape index (κ3) is 4.20. The highest BCUT2D eigenvalue weighted by molar-refractivity contribution is 6.42. The fraction of sp³-hybridized carbons (Fsp3) is 0.278. The summed E-state index contributed by atoms with van der Waals surface area (Å²) in [6.07, 6.45) is 1.00. The minimum atomic E-state index is -0.904. The summed E-state index contributed by atoms with van der Waals surface area (Å²) < 4.78 is 5.96. The van der Waals surface area contributed by atoms with Crippen molar-refractivity contribution in [2.45, 2.75) is 19.1 Å². The Morgan fingerprint density at radius 2 is 2.04 bits per heavy atom. The van der Waals surface area contributed by atoms with Crippen molar-refractivity contribution in [3.8, 4) is 5.75 Å². The highest BCUT2D eigenvalue weighted by Gasteiger charge is 2.24. The van der Waals surface area contributed by atoms with Gasteiger partial charge < -0.3 is 9.84 Å². The Bertz CT molecular complexity index is 751. The fourth-order valence-electron chi connectivity index (χ4n) is 2.84. The molecule has 126 valence electrons. The zero-order chi connectivity index (χ0) is 17.1. The van der Waals surface area contributed by atoms with Crippen LogP contribution < -0.4 is 4.74 Å². The van der Waals surface area contributed by atoms with Crippen molar-refractivity contribution >= 4 is 29.2 Å². The SMILES string of the molecule is O=C(O)c1cccc(CN2CCC(Oc3ccc(Cl)c(Cl)c3)C2)c1. The van der Waals surface area contributed by atoms with E-state index in [1.54, 1.807) is 30.3 Å². The van der Waals surface area contributed by atoms with Crippen molar-refractivity contribution in [2.24, 2.45) is 0 Å². The lowest BCUT2D eigenvalue weighted by molar-refractivity contribution is 0.0696. The number of nitrogens with zero attached hydrogens (tertiary/aromatic N) is 1. The monoisotopic (exact) mass is 365 g/mol. The van der Waals surface area contributed by atoms with Crippen LogP contribution in [-0.4, -0.2) is 35.2 Å². The fourth-order valence-corrected chi connectivity index (χ4v) is 3.13. The third-order valence-corrected chi connectivity index (χ3v) is 4.74. The molecule has 0 amide bonds. The molecule has 1 atom stereocenters. The summed E-state index contributed by atoms with van der Waals surface area (Å²) in [6.45, 7) is 2.41. The van der Waals surface area contributed by atoms with E-state index >= 15 is 0 Å². The molecule has 6 heteroatoms. The van der Waals surface area contributed by atoms with Crippen molar-refractivity contribution in [3.05, 3.63) is 63.6 Å². The van der Waals surface area contributed by atoms with Crippen LogP contribution in [0.15, 0.2) is 42.5 Å². The van der Waals surface area contributed by atoms with Crippen molar-refractivity contribution < 1.29 is 14.6 Å². The van der Waals surface area contributed by atoms with Gasteiger partial charge in [-0.2, -0.15) is 0 Å². The Morgan fingerprint density at radius 3 is 2.79 bits per heavy atom. The molecule has 1 heterocycles. The smallest absolute Gasteiger partial charge is 0.335 e. The minimum Gasteiger partial charge on any atom is -0.489 e. The van der Waals surface area contributed by atoms with Gasteiger partial charge in [-0.25, -0.2) is 4.79 Å². The second-order valence-electron chi connectivity index (χ2n) is 5.85. The molecule has 2 aromatic rings. The molecule has 2 aromatic carbocycles. The first kappa shape index (κ1) is 17.1. The molecule has 0 aromatic heterocycles. The van der Waals surface area contributed by atoms with E-state index < -0.39 is 5.97 Å². The molecule has 1 aliphatic rings. The second-order valence-corrected chi connectivity index (χ2v) is 6.66. The van der Waals surface area contributed by atoms with Gasteiger partial charge in [0, 0.05) is 25.7 Å². The van der Waals surface area contributed by atoms with Gasteiger partial charge >= 0.3 is 5.97 Å². The van der Waals surface area contributed by atoms with Gasteiger partial charge in [0.05, 0.1) is 15.6 Å². The Morgan fingerprint density at radius 1 is 1.21 bits per heavy atom. The van der Waals surface area contributed by atoms with Crippen molar-refractivity contribution in [2.75, 3.05) is 13.1 Å². The molecular weight excluding hydrogens is 349 g/mol. The van der Waals surface area contributed by atoms with E-state index in [1.165, 1.54) is 0 Å². The number of carboxylic acid groups (broad SMARTS) is 1. The van der Waals surface area contributed by atoms with Crippen molar-refractivity contribution in [3.63, 3.8) is 0 Å². The highest BCUT2D eigenvalue weighted by Crippen LogP contribution is 2.28. The van der Waals surface area contributed by atoms with Gasteiger partial charge in [-0.1, -0.05) is 35.3 Å². The first-order valence-corrected chi connectivity index (χ1v) is 8.43. The average Bonchev–Trinajstić information content (AvgIpc) is 2.98. The lowest BCUT2D eigenvalue weighted by Crippen LogP contribution is -2.24. The lowest BCUT2D eigenvalue weighted by Gasteiger charge is -2.17. The zero-order valence-electron chi connectivity index (χ0n) is 12.9. The Labute approximate surface area is 150 Å². The number of carbonyl (C=O) groups is 1. The van der Waals surface area contributed by atoms with Crippen LogP contribution in [0.4, 0.5) is 0 Å². The van der Waals surface area contributed by atoms with Gasteiger partial charge in [0.15, 0.2) is 0 Å². The number of hydrogen-bond donors (Lipinski definition) is 1. The van der Waals surface area contributed by atoms with Gasteiger partial charge in [-0.3, -0.25) is 4.90 Å². The molecule has 1 fully saturated rings. The molecule has 0 radical (unpaired) electrons. The van der Waals surface area contributed by atoms with Crippen LogP contribution in [0.3, 0.4) is 0 Å². The highest BCUT2D eigenvalue weighted by atomic mass is 35.5. The maximum absolute atomic E-state index is 11.0. The zero-order valence-corrected chi connectivity index (χ0v) is 14.4. The van der Waals surface area contributed by atoms with Crippen molar-refractivity contribution in [1.29, 1.82) is 0 Å². The van der Waals surface area contributed by atoms with Crippen LogP contribution in [0.25, 0.3) is 0 Å². The van der Waals surface area contributed by atoms with E-state index in [9.17, 15) is 4.79 Å². The normalized spacial score (nSPS) is 17.8. The van der Waals surface area contributed by atoms with E-state index in [-0.39, 0.29) is 6.10 Å². The van der Waals surface area contributed by atoms with Gasteiger partial charge in [-0.05, 0) is 36.2 Å². The van der Waals surface area contributed by atoms with Crippen LogP contribution in [-0.2, 0) is 6.54 Å². The number of benzene rings is 2. The summed E-state index contributed by atoms with van der Waals surface area (Å²) >= 11 is 11.9. The molecule has 0 saturated carbocycles. The molecule has 1 unspecified atom stereocenters. The molecule has 1 saturated heterocycles. The predicted octanol–water partition coefficient (Wildman–Crippen LogP) is 4.34. The summed E-state index contributed by atoms with van der Waals surface area (Å²) in [7, 11) is 0. The van der Waals surface area contributed by atoms with Crippen molar-refractivity contribution in [1.82, 2.24) is 4.90 Å². The van der Waals surface area contributed by atoms with E-state index in [1.807, 2.05) is 12.1 Å². The number of rotatable bonds is 5. The van der Waals surface area contributed by atoms with E-state index in [4.69, 9.17) is 33.0 Å². The Kier molecular flexibility index (Phi) is 5.29. The summed E-state index contributed by atoms with van der Waals surface area (Å²) in [5, 5.41) is 10.1. The second kappa shape index (κ2) is 7.43. The molecule has 0 bridgehead atoms. The minimum absolute atomic E-state index is 0.0879. The lowest BCUT2D eigenvalue weighted by atomic mass is 10.1. The van der Waals surface area contributed by atoms with Crippen LogP contribution in [0, 0.1) is 0 Å². The molecule has 0 spiro atoms. The Balaban J connectivity index is 1.58. The number of hydrogen-bond acceptors (Lipinski definition) is 3. The summed E-state index contributed by atoms with van der Waals surface area (Å²) in [5.41, 5.74) is 1.31. The number of carboxylic acids is 1. The van der Waals surface area contributed by atoms with Crippen LogP contribution in [0.1, 0.15) is 22.3 Å². The van der Waals surface area contributed by atoms with E-state index in [0.29, 0.717) is 27.9 Å². The van der Waals surface area contributed by atoms with Gasteiger partial charge in [0.25, 0.3) is 0 Å². The van der Waals surface area contributed by atoms with Crippen LogP contribution >= 0.6 is 23.2 Å². The predicted molar refractivity (Wildman–Crippen MR) is 94.2 cm³/mol. The molecular formula is C18H17Cl2NO3. The van der Waals surface area contributed by atoms with Crippen LogP contribution in [0.2, 0.25) is 10.0 Å². The van der Waals surface area contributed by atoms with Gasteiger partial charge in [-0.15, -0.1) is 0 Å². The molecule has 3 rings (SSSR count). The number of halogens is 2. The first-order chi connectivity index (χ1) is 11.5. The largest absolute Gasteiger partial charge is 0.489 e.